The summed E-state index contributed by atoms with van der Waals surface area (Å²) >= 11 is 0. The predicted octanol–water partition coefficient (Wildman–Crippen LogP) is 6.79. The van der Waals surface area contributed by atoms with Crippen LogP contribution in [0.4, 0.5) is 0 Å². The maximum atomic E-state index is 6.45. The molecule has 3 nitrogen and oxygen atoms in total. The second kappa shape index (κ2) is 5.90. The van der Waals surface area contributed by atoms with Crippen LogP contribution in [0.1, 0.15) is 33.6 Å². The van der Waals surface area contributed by atoms with Gasteiger partial charge in [-0.1, -0.05) is 57.2 Å². The lowest BCUT2D eigenvalue weighted by atomic mass is 9.45. The monoisotopic (exact) mass is 368 g/mol. The number of para-hydroxylation sites is 2. The summed E-state index contributed by atoms with van der Waals surface area (Å²) in [7, 11) is -1.45. The van der Waals surface area contributed by atoms with Crippen LogP contribution in [0.5, 0.6) is 0 Å². The molecule has 3 fully saturated rings. The van der Waals surface area contributed by atoms with E-state index < -0.39 is 8.24 Å². The maximum Gasteiger partial charge on any atom is 0.387 e. The van der Waals surface area contributed by atoms with E-state index in [2.05, 4.69) is 32.9 Å². The molecule has 0 amide bonds. The van der Waals surface area contributed by atoms with Gasteiger partial charge in [-0.15, -0.1) is 0 Å². The first-order valence-electron chi connectivity index (χ1n) is 9.55. The molecule has 0 saturated heterocycles. The molecule has 1 aromatic heterocycles. The molecule has 136 valence electrons. The normalized spacial score (nSPS) is 29.5. The Bertz CT molecular complexity index is 948. The van der Waals surface area contributed by atoms with E-state index >= 15 is 0 Å². The molecule has 3 saturated carbocycles. The van der Waals surface area contributed by atoms with E-state index in [4.69, 9.17) is 12.9 Å². The Morgan fingerprint density at radius 1 is 0.923 bits per heavy atom. The molecule has 6 rings (SSSR count). The van der Waals surface area contributed by atoms with Crippen molar-refractivity contribution in [1.82, 2.24) is 0 Å². The third-order valence-corrected chi connectivity index (χ3v) is 8.05. The summed E-state index contributed by atoms with van der Waals surface area (Å²) in [4.78, 5) is 0. The highest BCUT2D eigenvalue weighted by Gasteiger charge is 2.57. The van der Waals surface area contributed by atoms with E-state index in [0.717, 1.165) is 40.2 Å². The van der Waals surface area contributed by atoms with Gasteiger partial charge < -0.3 is 8.39 Å². The summed E-state index contributed by atoms with van der Waals surface area (Å²) in [6, 6.07) is 16.2. The highest BCUT2D eigenvalue weighted by molar-refractivity contribution is 7.31. The van der Waals surface area contributed by atoms with Gasteiger partial charge in [0.25, 0.3) is 0 Å². The summed E-state index contributed by atoms with van der Waals surface area (Å²) in [6.07, 6.45) is 2.68. The summed E-state index contributed by atoms with van der Waals surface area (Å²) in [5, 5.41) is 2.13. The van der Waals surface area contributed by atoms with Crippen LogP contribution in [0.2, 0.25) is 0 Å². The Morgan fingerprint density at radius 2 is 1.50 bits per heavy atom. The standard InChI is InChI=1S/C22H25O3P/c1-14-18-12-15(22(18,2)3)13-21(14)25-26-23-19-10-6-4-8-16(19)17-9-5-7-11-20(17)24-26/h4-11,14-15,18,21H,12-13H2,1-3H3/t14-,15?,18?,21-/m1/s1. The third kappa shape index (κ3) is 2.45. The topological polar surface area (TPSA) is 35.5 Å². The van der Waals surface area contributed by atoms with Crippen LogP contribution in [0.25, 0.3) is 21.9 Å². The summed E-state index contributed by atoms with van der Waals surface area (Å²) in [6.45, 7) is 7.16. The van der Waals surface area contributed by atoms with E-state index in [0.29, 0.717) is 11.3 Å². The Hall–Kier alpha value is -1.70. The fourth-order valence-corrected chi connectivity index (χ4v) is 6.37. The largest absolute Gasteiger partial charge is 0.399 e. The molecule has 3 aliphatic rings. The molecule has 0 aliphatic heterocycles. The van der Waals surface area contributed by atoms with Crippen molar-refractivity contribution in [2.24, 2.45) is 23.2 Å². The number of benzene rings is 2. The van der Waals surface area contributed by atoms with E-state index in [-0.39, 0.29) is 6.10 Å². The minimum absolute atomic E-state index is 0.218. The molecule has 0 radical (unpaired) electrons. The molecule has 0 N–H and O–H groups in total. The SMILES string of the molecule is C[C@@H]1C2CC(C[C@H]1Op1oc3ccccc3c3ccccc3o1)C2(C)C. The lowest BCUT2D eigenvalue weighted by Gasteiger charge is -2.61. The van der Waals surface area contributed by atoms with Gasteiger partial charge in [-0.3, -0.25) is 4.52 Å². The van der Waals surface area contributed by atoms with Crippen molar-refractivity contribution >= 4 is 30.2 Å². The Morgan fingerprint density at radius 3 is 2.04 bits per heavy atom. The van der Waals surface area contributed by atoms with Crippen LogP contribution in [0.3, 0.4) is 0 Å². The first-order valence-corrected chi connectivity index (χ1v) is 10.6. The second-order valence-electron chi connectivity index (χ2n) is 8.50. The summed E-state index contributed by atoms with van der Waals surface area (Å²) in [5.41, 5.74) is 2.15. The van der Waals surface area contributed by atoms with Gasteiger partial charge >= 0.3 is 8.24 Å². The molecular weight excluding hydrogens is 343 g/mol. The van der Waals surface area contributed by atoms with E-state index in [1.807, 2.05) is 36.4 Å². The van der Waals surface area contributed by atoms with Crippen LogP contribution >= 0.6 is 8.24 Å². The van der Waals surface area contributed by atoms with Crippen molar-refractivity contribution < 1.29 is 12.9 Å². The summed E-state index contributed by atoms with van der Waals surface area (Å²) < 4.78 is 18.9. The first-order chi connectivity index (χ1) is 12.5. The van der Waals surface area contributed by atoms with Crippen molar-refractivity contribution in [1.29, 1.82) is 0 Å². The highest BCUT2D eigenvalue weighted by atomic mass is 31.1. The molecule has 2 unspecified atom stereocenters. The van der Waals surface area contributed by atoms with Gasteiger partial charge in [0.15, 0.2) is 0 Å². The van der Waals surface area contributed by atoms with Crippen LogP contribution in [0, 0.1) is 23.2 Å². The van der Waals surface area contributed by atoms with Gasteiger partial charge in [0.05, 0.1) is 6.10 Å². The van der Waals surface area contributed by atoms with Crippen LogP contribution in [0.15, 0.2) is 56.9 Å². The molecule has 4 heteroatoms. The van der Waals surface area contributed by atoms with Gasteiger partial charge in [-0.2, -0.15) is 0 Å². The second-order valence-corrected chi connectivity index (χ2v) is 9.52. The lowest BCUT2D eigenvalue weighted by molar-refractivity contribution is -0.139. The van der Waals surface area contributed by atoms with Crippen molar-refractivity contribution in [3.05, 3.63) is 48.5 Å². The minimum atomic E-state index is -1.45. The fraction of sp³-hybridized carbons (Fsp3) is 0.455. The highest BCUT2D eigenvalue weighted by Crippen LogP contribution is 2.62. The first kappa shape index (κ1) is 16.5. The van der Waals surface area contributed by atoms with Crippen LogP contribution < -0.4 is 4.52 Å². The predicted molar refractivity (Wildman–Crippen MR) is 106 cm³/mol. The van der Waals surface area contributed by atoms with E-state index in [1.165, 1.54) is 6.42 Å². The molecule has 26 heavy (non-hydrogen) atoms. The van der Waals surface area contributed by atoms with Gasteiger partial charge in [0.2, 0.25) is 0 Å². The smallest absolute Gasteiger partial charge is 0.387 e. The van der Waals surface area contributed by atoms with Gasteiger partial charge in [-0.05, 0) is 48.1 Å². The minimum Gasteiger partial charge on any atom is -0.399 e. The maximum absolute atomic E-state index is 6.45. The van der Waals surface area contributed by atoms with Gasteiger partial charge in [0, 0.05) is 10.8 Å². The van der Waals surface area contributed by atoms with Crippen molar-refractivity contribution in [2.75, 3.05) is 0 Å². The molecular formula is C22H25O3P. The van der Waals surface area contributed by atoms with Crippen LogP contribution in [-0.4, -0.2) is 6.10 Å². The fourth-order valence-electron chi connectivity index (χ4n) is 5.11. The molecule has 3 aliphatic carbocycles. The van der Waals surface area contributed by atoms with Crippen molar-refractivity contribution in [3.8, 4) is 0 Å². The number of fused-ring (bicyclic) bond motifs is 5. The Kier molecular flexibility index (Phi) is 3.74. The zero-order chi connectivity index (χ0) is 17.9. The van der Waals surface area contributed by atoms with Crippen molar-refractivity contribution in [3.63, 3.8) is 0 Å². The molecule has 3 aromatic rings. The average Bonchev–Trinajstić information content (AvgIpc) is 2.79. The molecule has 0 spiro atoms. The van der Waals surface area contributed by atoms with Gasteiger partial charge in [0.1, 0.15) is 11.2 Å². The third-order valence-electron chi connectivity index (χ3n) is 6.92. The van der Waals surface area contributed by atoms with Crippen molar-refractivity contribution in [2.45, 2.75) is 39.7 Å². The lowest BCUT2D eigenvalue weighted by Crippen LogP contribution is -2.57. The van der Waals surface area contributed by atoms with Gasteiger partial charge in [-0.25, -0.2) is 0 Å². The number of hydrogen-bond donors (Lipinski definition) is 0. The van der Waals surface area contributed by atoms with E-state index in [9.17, 15) is 0 Å². The number of hydrogen-bond acceptors (Lipinski definition) is 3. The molecule has 2 aromatic carbocycles. The molecule has 2 bridgehead atoms. The zero-order valence-corrected chi connectivity index (χ0v) is 16.4. The average molecular weight is 368 g/mol. The molecule has 4 atom stereocenters. The zero-order valence-electron chi connectivity index (χ0n) is 15.5. The Labute approximate surface area is 155 Å². The van der Waals surface area contributed by atoms with Crippen LogP contribution in [-0.2, 0) is 0 Å². The molecule has 1 heterocycles. The van der Waals surface area contributed by atoms with E-state index in [1.54, 1.807) is 0 Å². The Balaban J connectivity index is 1.57. The summed E-state index contributed by atoms with van der Waals surface area (Å²) in [5.74, 6) is 2.04. The quantitative estimate of drug-likeness (QED) is 0.499. The number of rotatable bonds is 2.